The average Bonchev–Trinajstić information content (AvgIpc) is 2.69. The number of rotatable bonds is 6. The second-order valence-electron chi connectivity index (χ2n) is 5.61. The summed E-state index contributed by atoms with van der Waals surface area (Å²) in [4.78, 5) is 37.3. The Morgan fingerprint density at radius 1 is 1.15 bits per heavy atom. The van der Waals surface area contributed by atoms with Crippen molar-refractivity contribution in [2.45, 2.75) is 38.5 Å². The van der Waals surface area contributed by atoms with Crippen molar-refractivity contribution in [1.29, 1.82) is 0 Å². The third-order valence-corrected chi connectivity index (χ3v) is 4.19. The fourth-order valence-electron chi connectivity index (χ4n) is 3.08. The standard InChI is InChI=1S/C14H23N3O3/c15-7-3-4-8-16-12(18)9-17-13(19)10-5-1-2-6-11(10)14(17)20/h10-11H,1-9,15H2,(H,16,18). The van der Waals surface area contributed by atoms with Crippen molar-refractivity contribution in [2.24, 2.45) is 17.6 Å². The predicted octanol–water partition coefficient (Wildman–Crippen LogP) is 0.0167. The van der Waals surface area contributed by atoms with Crippen LogP contribution in [0.4, 0.5) is 0 Å². The largest absolute Gasteiger partial charge is 0.355 e. The predicted molar refractivity (Wildman–Crippen MR) is 73.5 cm³/mol. The highest BCUT2D eigenvalue weighted by Crippen LogP contribution is 2.37. The van der Waals surface area contributed by atoms with Crippen molar-refractivity contribution < 1.29 is 14.4 Å². The number of hydrogen-bond donors (Lipinski definition) is 2. The van der Waals surface area contributed by atoms with Gasteiger partial charge in [-0.15, -0.1) is 0 Å². The first kappa shape index (κ1) is 15.0. The molecule has 2 aliphatic rings. The van der Waals surface area contributed by atoms with Crippen molar-refractivity contribution in [3.63, 3.8) is 0 Å². The van der Waals surface area contributed by atoms with Gasteiger partial charge < -0.3 is 11.1 Å². The molecule has 1 saturated carbocycles. The van der Waals surface area contributed by atoms with E-state index in [9.17, 15) is 14.4 Å². The number of imide groups is 1. The molecule has 2 unspecified atom stereocenters. The fourth-order valence-corrected chi connectivity index (χ4v) is 3.08. The molecule has 20 heavy (non-hydrogen) atoms. The number of likely N-dealkylation sites (tertiary alicyclic amines) is 1. The lowest BCUT2D eigenvalue weighted by atomic mass is 9.81. The lowest BCUT2D eigenvalue weighted by Gasteiger charge is -2.19. The summed E-state index contributed by atoms with van der Waals surface area (Å²) < 4.78 is 0. The zero-order valence-electron chi connectivity index (χ0n) is 11.8. The minimum Gasteiger partial charge on any atom is -0.355 e. The van der Waals surface area contributed by atoms with Crippen LogP contribution < -0.4 is 11.1 Å². The molecular weight excluding hydrogens is 258 g/mol. The van der Waals surface area contributed by atoms with Crippen molar-refractivity contribution >= 4 is 17.7 Å². The van der Waals surface area contributed by atoms with E-state index in [2.05, 4.69) is 5.32 Å². The summed E-state index contributed by atoms with van der Waals surface area (Å²) in [6.45, 7) is 1.01. The Balaban J connectivity index is 1.84. The minimum absolute atomic E-state index is 0.132. The normalized spacial score (nSPS) is 25.8. The van der Waals surface area contributed by atoms with E-state index in [0.717, 1.165) is 43.4 Å². The molecule has 0 bridgehead atoms. The Morgan fingerprint density at radius 2 is 1.75 bits per heavy atom. The van der Waals surface area contributed by atoms with Gasteiger partial charge >= 0.3 is 0 Å². The van der Waals surface area contributed by atoms with Crippen molar-refractivity contribution in [1.82, 2.24) is 10.2 Å². The van der Waals surface area contributed by atoms with E-state index in [1.54, 1.807) is 0 Å². The maximum absolute atomic E-state index is 12.2. The fraction of sp³-hybridized carbons (Fsp3) is 0.786. The molecule has 1 heterocycles. The summed E-state index contributed by atoms with van der Waals surface area (Å²) in [7, 11) is 0. The highest BCUT2D eigenvalue weighted by molar-refractivity contribution is 6.07. The third-order valence-electron chi connectivity index (χ3n) is 4.19. The number of hydrogen-bond acceptors (Lipinski definition) is 4. The lowest BCUT2D eigenvalue weighted by Crippen LogP contribution is -2.41. The molecule has 3 N–H and O–H groups in total. The van der Waals surface area contributed by atoms with E-state index in [1.165, 1.54) is 0 Å². The number of nitrogens with zero attached hydrogens (tertiary/aromatic N) is 1. The molecule has 2 atom stereocenters. The number of unbranched alkanes of at least 4 members (excludes halogenated alkanes) is 1. The van der Waals surface area contributed by atoms with Crippen LogP contribution in [0.25, 0.3) is 0 Å². The summed E-state index contributed by atoms with van der Waals surface area (Å²) >= 11 is 0. The lowest BCUT2D eigenvalue weighted by molar-refractivity contribution is -0.143. The quantitative estimate of drug-likeness (QED) is 0.530. The van der Waals surface area contributed by atoms with Crippen LogP contribution >= 0.6 is 0 Å². The second kappa shape index (κ2) is 6.83. The van der Waals surface area contributed by atoms with Crippen LogP contribution in [0.2, 0.25) is 0 Å². The molecule has 112 valence electrons. The van der Waals surface area contributed by atoms with E-state index in [-0.39, 0.29) is 36.1 Å². The number of fused-ring (bicyclic) bond motifs is 1. The van der Waals surface area contributed by atoms with Gasteiger partial charge in [-0.05, 0) is 32.2 Å². The summed E-state index contributed by atoms with van der Waals surface area (Å²) in [5.74, 6) is -0.932. The van der Waals surface area contributed by atoms with Crippen molar-refractivity contribution in [2.75, 3.05) is 19.6 Å². The summed E-state index contributed by atoms with van der Waals surface area (Å²) in [6.07, 6.45) is 5.23. The topological polar surface area (TPSA) is 92.5 Å². The molecule has 6 heteroatoms. The highest BCUT2D eigenvalue weighted by atomic mass is 16.2. The average molecular weight is 281 g/mol. The Labute approximate surface area is 119 Å². The highest BCUT2D eigenvalue weighted by Gasteiger charge is 2.48. The molecule has 1 aliphatic heterocycles. The van der Waals surface area contributed by atoms with Crippen molar-refractivity contribution in [3.8, 4) is 0 Å². The Bertz CT molecular complexity index is 373. The van der Waals surface area contributed by atoms with Gasteiger partial charge in [-0.2, -0.15) is 0 Å². The van der Waals surface area contributed by atoms with Crippen LogP contribution in [-0.4, -0.2) is 42.3 Å². The van der Waals surface area contributed by atoms with Crippen LogP contribution in [0.5, 0.6) is 0 Å². The first-order valence-corrected chi connectivity index (χ1v) is 7.47. The SMILES string of the molecule is NCCCCNC(=O)CN1C(=O)C2CCCCC2C1=O. The van der Waals surface area contributed by atoms with Gasteiger partial charge in [0.25, 0.3) is 0 Å². The monoisotopic (exact) mass is 281 g/mol. The molecule has 0 aromatic carbocycles. The van der Waals surface area contributed by atoms with E-state index in [4.69, 9.17) is 5.73 Å². The molecule has 0 radical (unpaired) electrons. The molecule has 0 aromatic heterocycles. The van der Waals surface area contributed by atoms with Gasteiger partial charge in [0.05, 0.1) is 11.8 Å². The first-order valence-electron chi connectivity index (χ1n) is 7.47. The minimum atomic E-state index is -0.262. The van der Waals surface area contributed by atoms with Gasteiger partial charge in [-0.25, -0.2) is 0 Å². The molecule has 1 aliphatic carbocycles. The Hall–Kier alpha value is -1.43. The summed E-state index contributed by atoms with van der Waals surface area (Å²) in [5, 5.41) is 2.73. The van der Waals surface area contributed by atoms with Gasteiger partial charge in [0.1, 0.15) is 6.54 Å². The summed E-state index contributed by atoms with van der Waals surface area (Å²) in [6, 6.07) is 0. The smallest absolute Gasteiger partial charge is 0.240 e. The molecule has 2 rings (SSSR count). The molecular formula is C14H23N3O3. The molecule has 2 fully saturated rings. The van der Waals surface area contributed by atoms with E-state index < -0.39 is 0 Å². The van der Waals surface area contributed by atoms with Crippen LogP contribution in [0.3, 0.4) is 0 Å². The number of amides is 3. The number of carbonyl (C=O) groups is 3. The van der Waals surface area contributed by atoms with E-state index in [1.807, 2.05) is 0 Å². The molecule has 6 nitrogen and oxygen atoms in total. The number of nitrogens with two attached hydrogens (primary N) is 1. The molecule has 3 amide bonds. The molecule has 0 spiro atoms. The zero-order valence-corrected chi connectivity index (χ0v) is 11.8. The van der Waals surface area contributed by atoms with Crippen LogP contribution in [0.15, 0.2) is 0 Å². The van der Waals surface area contributed by atoms with Crippen molar-refractivity contribution in [3.05, 3.63) is 0 Å². The van der Waals surface area contributed by atoms with Crippen LogP contribution in [0.1, 0.15) is 38.5 Å². The van der Waals surface area contributed by atoms with Crippen LogP contribution in [0, 0.1) is 11.8 Å². The van der Waals surface area contributed by atoms with Gasteiger partial charge in [-0.1, -0.05) is 12.8 Å². The zero-order chi connectivity index (χ0) is 14.5. The number of carbonyl (C=O) groups excluding carboxylic acids is 3. The van der Waals surface area contributed by atoms with E-state index >= 15 is 0 Å². The van der Waals surface area contributed by atoms with E-state index in [0.29, 0.717) is 13.1 Å². The first-order chi connectivity index (χ1) is 9.65. The van der Waals surface area contributed by atoms with Gasteiger partial charge in [-0.3, -0.25) is 19.3 Å². The van der Waals surface area contributed by atoms with Gasteiger partial charge in [0, 0.05) is 6.54 Å². The molecule has 1 saturated heterocycles. The summed E-state index contributed by atoms with van der Waals surface area (Å²) in [5.41, 5.74) is 5.37. The van der Waals surface area contributed by atoms with Gasteiger partial charge in [0.15, 0.2) is 0 Å². The van der Waals surface area contributed by atoms with Gasteiger partial charge in [0.2, 0.25) is 17.7 Å². The number of nitrogens with one attached hydrogen (secondary N) is 1. The maximum atomic E-state index is 12.2. The van der Waals surface area contributed by atoms with Crippen LogP contribution in [-0.2, 0) is 14.4 Å². The Morgan fingerprint density at radius 3 is 2.30 bits per heavy atom. The maximum Gasteiger partial charge on any atom is 0.240 e. The molecule has 0 aromatic rings. The Kier molecular flexibility index (Phi) is 5.11. The third kappa shape index (κ3) is 3.17. The second-order valence-corrected chi connectivity index (χ2v) is 5.61.